The van der Waals surface area contributed by atoms with Crippen molar-refractivity contribution in [2.75, 3.05) is 13.2 Å². The van der Waals surface area contributed by atoms with Gasteiger partial charge in [-0.05, 0) is 12.1 Å². The second kappa shape index (κ2) is 5.63. The fourth-order valence-corrected chi connectivity index (χ4v) is 1.49. The molecule has 0 saturated carbocycles. The van der Waals surface area contributed by atoms with Crippen molar-refractivity contribution in [3.05, 3.63) is 29.3 Å². The van der Waals surface area contributed by atoms with Crippen molar-refractivity contribution in [2.45, 2.75) is 5.33 Å². The van der Waals surface area contributed by atoms with Gasteiger partial charge < -0.3 is 9.84 Å². The van der Waals surface area contributed by atoms with Crippen LogP contribution in [0.25, 0.3) is 0 Å². The number of aliphatic hydroxyl groups is 1. The molecule has 3 nitrogen and oxygen atoms in total. The van der Waals surface area contributed by atoms with Crippen molar-refractivity contribution in [1.82, 2.24) is 0 Å². The molecule has 0 saturated heterocycles. The normalized spacial score (nSPS) is 9.50. The first-order valence-corrected chi connectivity index (χ1v) is 5.26. The van der Waals surface area contributed by atoms with E-state index in [4.69, 9.17) is 15.1 Å². The first-order valence-electron chi connectivity index (χ1n) is 4.14. The van der Waals surface area contributed by atoms with Crippen LogP contribution in [-0.4, -0.2) is 18.3 Å². The SMILES string of the molecule is N#Cc1ccc(CBr)c(OCCO)c1. The van der Waals surface area contributed by atoms with Gasteiger partial charge in [0.1, 0.15) is 12.4 Å². The zero-order valence-electron chi connectivity index (χ0n) is 7.53. The van der Waals surface area contributed by atoms with Crippen LogP contribution < -0.4 is 4.74 Å². The largest absolute Gasteiger partial charge is 0.491 e. The number of ether oxygens (including phenoxy) is 1. The predicted octanol–water partition coefficient (Wildman–Crippen LogP) is 1.82. The van der Waals surface area contributed by atoms with E-state index in [2.05, 4.69) is 15.9 Å². The van der Waals surface area contributed by atoms with Crippen molar-refractivity contribution >= 4 is 15.9 Å². The van der Waals surface area contributed by atoms with E-state index in [1.807, 2.05) is 12.1 Å². The van der Waals surface area contributed by atoms with E-state index in [-0.39, 0.29) is 13.2 Å². The second-order valence-corrected chi connectivity index (χ2v) is 3.20. The molecule has 0 amide bonds. The number of aliphatic hydroxyl groups excluding tert-OH is 1. The third-order valence-corrected chi connectivity index (χ3v) is 2.29. The summed E-state index contributed by atoms with van der Waals surface area (Å²) in [5, 5.41) is 18.0. The Balaban J connectivity index is 2.91. The molecule has 1 aromatic carbocycles. The van der Waals surface area contributed by atoms with Gasteiger partial charge in [-0.3, -0.25) is 0 Å². The summed E-state index contributed by atoms with van der Waals surface area (Å²) in [6.07, 6.45) is 0. The van der Waals surface area contributed by atoms with Crippen molar-refractivity contribution in [3.63, 3.8) is 0 Å². The van der Waals surface area contributed by atoms with Crippen LogP contribution >= 0.6 is 15.9 Å². The molecule has 0 bridgehead atoms. The summed E-state index contributed by atoms with van der Waals surface area (Å²) in [6.45, 7) is 0.216. The third kappa shape index (κ3) is 2.72. The number of rotatable bonds is 4. The molecular weight excluding hydrogens is 246 g/mol. The van der Waals surface area contributed by atoms with Crippen LogP contribution in [-0.2, 0) is 5.33 Å². The van der Waals surface area contributed by atoms with Crippen molar-refractivity contribution in [2.24, 2.45) is 0 Å². The van der Waals surface area contributed by atoms with Crippen molar-refractivity contribution in [1.29, 1.82) is 5.26 Å². The summed E-state index contributed by atoms with van der Waals surface area (Å²) in [7, 11) is 0. The maximum absolute atomic E-state index is 8.68. The lowest BCUT2D eigenvalue weighted by Gasteiger charge is -2.08. The fraction of sp³-hybridized carbons (Fsp3) is 0.300. The highest BCUT2D eigenvalue weighted by Gasteiger charge is 2.03. The topological polar surface area (TPSA) is 53.2 Å². The quantitative estimate of drug-likeness (QED) is 0.836. The van der Waals surface area contributed by atoms with Gasteiger partial charge >= 0.3 is 0 Å². The van der Waals surface area contributed by atoms with Gasteiger partial charge in [0.15, 0.2) is 0 Å². The third-order valence-electron chi connectivity index (χ3n) is 1.69. The van der Waals surface area contributed by atoms with Crippen LogP contribution in [0.4, 0.5) is 0 Å². The van der Waals surface area contributed by atoms with Gasteiger partial charge in [0.2, 0.25) is 0 Å². The second-order valence-electron chi connectivity index (χ2n) is 2.64. The smallest absolute Gasteiger partial charge is 0.124 e. The lowest BCUT2D eigenvalue weighted by Crippen LogP contribution is -2.03. The van der Waals surface area contributed by atoms with Gasteiger partial charge in [-0.15, -0.1) is 0 Å². The van der Waals surface area contributed by atoms with Crippen LogP contribution in [0.5, 0.6) is 5.75 Å². The Labute approximate surface area is 91.1 Å². The van der Waals surface area contributed by atoms with Gasteiger partial charge in [-0.25, -0.2) is 0 Å². The summed E-state index contributed by atoms with van der Waals surface area (Å²) in [5.74, 6) is 0.648. The van der Waals surface area contributed by atoms with E-state index in [9.17, 15) is 0 Å². The van der Waals surface area contributed by atoms with E-state index in [1.54, 1.807) is 12.1 Å². The van der Waals surface area contributed by atoms with E-state index in [1.165, 1.54) is 0 Å². The van der Waals surface area contributed by atoms with Crippen LogP contribution in [0.2, 0.25) is 0 Å². The summed E-state index contributed by atoms with van der Waals surface area (Å²) < 4.78 is 5.29. The molecule has 0 aliphatic carbocycles. The molecule has 0 atom stereocenters. The van der Waals surface area contributed by atoms with Gasteiger partial charge in [-0.1, -0.05) is 22.0 Å². The van der Waals surface area contributed by atoms with Crippen molar-refractivity contribution in [3.8, 4) is 11.8 Å². The fourth-order valence-electron chi connectivity index (χ4n) is 1.02. The zero-order valence-corrected chi connectivity index (χ0v) is 9.12. The molecule has 0 heterocycles. The van der Waals surface area contributed by atoms with E-state index in [0.717, 1.165) is 5.56 Å². The monoisotopic (exact) mass is 255 g/mol. The lowest BCUT2D eigenvalue weighted by molar-refractivity contribution is 0.200. The molecule has 14 heavy (non-hydrogen) atoms. The van der Waals surface area contributed by atoms with Crippen molar-refractivity contribution < 1.29 is 9.84 Å². The molecule has 74 valence electrons. The molecule has 0 spiro atoms. The maximum atomic E-state index is 8.68. The Kier molecular flexibility index (Phi) is 4.44. The minimum atomic E-state index is -0.0293. The Bertz CT molecular complexity index is 346. The molecule has 4 heteroatoms. The van der Waals surface area contributed by atoms with Gasteiger partial charge in [0.25, 0.3) is 0 Å². The average Bonchev–Trinajstić information content (AvgIpc) is 2.25. The Morgan fingerprint density at radius 3 is 2.86 bits per heavy atom. The first kappa shape index (κ1) is 11.0. The van der Waals surface area contributed by atoms with Crippen LogP contribution in [0, 0.1) is 11.3 Å². The van der Waals surface area contributed by atoms with Gasteiger partial charge in [0, 0.05) is 10.9 Å². The summed E-state index contributed by atoms with van der Waals surface area (Å²) in [6, 6.07) is 7.28. The lowest BCUT2D eigenvalue weighted by atomic mass is 10.1. The number of hydrogen-bond donors (Lipinski definition) is 1. The Morgan fingerprint density at radius 1 is 1.50 bits per heavy atom. The highest BCUT2D eigenvalue weighted by molar-refractivity contribution is 9.08. The number of hydrogen-bond acceptors (Lipinski definition) is 3. The molecule has 0 aliphatic heterocycles. The molecule has 0 unspecified atom stereocenters. The number of alkyl halides is 1. The van der Waals surface area contributed by atoms with Crippen LogP contribution in [0.3, 0.4) is 0 Å². The van der Waals surface area contributed by atoms with Crippen LogP contribution in [0.15, 0.2) is 18.2 Å². The van der Waals surface area contributed by atoms with Gasteiger partial charge in [-0.2, -0.15) is 5.26 Å². The van der Waals surface area contributed by atoms with E-state index in [0.29, 0.717) is 16.6 Å². The predicted molar refractivity (Wildman–Crippen MR) is 56.4 cm³/mol. The number of benzene rings is 1. The molecule has 0 aromatic heterocycles. The standard InChI is InChI=1S/C10H10BrNO2/c11-6-9-2-1-8(7-12)5-10(9)14-4-3-13/h1-2,5,13H,3-4,6H2. The van der Waals surface area contributed by atoms with Crippen LogP contribution in [0.1, 0.15) is 11.1 Å². The Hall–Kier alpha value is -1.05. The summed E-state index contributed by atoms with van der Waals surface area (Å²) in [5.41, 5.74) is 1.53. The minimum absolute atomic E-state index is 0.0293. The zero-order chi connectivity index (χ0) is 10.4. The van der Waals surface area contributed by atoms with Gasteiger partial charge in [0.05, 0.1) is 18.2 Å². The summed E-state index contributed by atoms with van der Waals surface area (Å²) in [4.78, 5) is 0. The van der Waals surface area contributed by atoms with E-state index >= 15 is 0 Å². The van der Waals surface area contributed by atoms with E-state index < -0.39 is 0 Å². The molecular formula is C10H10BrNO2. The maximum Gasteiger partial charge on any atom is 0.124 e. The minimum Gasteiger partial charge on any atom is -0.491 e. The molecule has 0 aliphatic rings. The highest BCUT2D eigenvalue weighted by atomic mass is 79.9. The molecule has 1 rings (SSSR count). The molecule has 0 fully saturated rings. The first-order chi connectivity index (χ1) is 6.81. The summed E-state index contributed by atoms with van der Waals surface area (Å²) >= 11 is 3.32. The molecule has 0 radical (unpaired) electrons. The number of nitriles is 1. The number of nitrogens with zero attached hydrogens (tertiary/aromatic N) is 1. The average molecular weight is 256 g/mol. The molecule has 1 aromatic rings. The highest BCUT2D eigenvalue weighted by Crippen LogP contribution is 2.22. The number of halogens is 1. The molecule has 1 N–H and O–H groups in total. The Morgan fingerprint density at radius 2 is 2.29 bits per heavy atom.